The van der Waals surface area contributed by atoms with Crippen LogP contribution in [0.3, 0.4) is 0 Å². The minimum absolute atomic E-state index is 0.318. The van der Waals surface area contributed by atoms with Crippen molar-refractivity contribution in [3.8, 4) is 0 Å². The van der Waals surface area contributed by atoms with Gasteiger partial charge < -0.3 is 9.05 Å². The topological polar surface area (TPSA) is 35.5 Å². The van der Waals surface area contributed by atoms with Crippen molar-refractivity contribution in [3.05, 3.63) is 12.2 Å². The van der Waals surface area contributed by atoms with Gasteiger partial charge in [-0.2, -0.15) is 0 Å². The summed E-state index contributed by atoms with van der Waals surface area (Å²) in [5.74, 6) is 1.19. The summed E-state index contributed by atoms with van der Waals surface area (Å²) in [4.78, 5) is 0. The molecule has 0 aromatic carbocycles. The molecule has 2 bridgehead atoms. The molecule has 3 nitrogen and oxygen atoms in total. The smallest absolute Gasteiger partial charge is 0.312 e. The Hall–Kier alpha value is -0.110. The lowest BCUT2D eigenvalue weighted by molar-refractivity contribution is 0.128. The Morgan fingerprint density at radius 2 is 1.88 bits per heavy atom. The van der Waals surface area contributed by atoms with E-state index in [1.54, 1.807) is 0 Å². The predicted molar refractivity (Wildman–Crippen MR) is 64.5 cm³/mol. The molecular weight excluding hydrogens is 223 g/mol. The molecule has 0 radical (unpaired) electrons. The number of rotatable bonds is 3. The average molecular weight is 244 g/mol. The fraction of sp³-hybridized carbons (Fsp3) is 0.833. The summed E-state index contributed by atoms with van der Waals surface area (Å²) < 4.78 is 23.3. The molecule has 0 unspecified atom stereocenters. The van der Waals surface area contributed by atoms with Crippen LogP contribution in [-0.4, -0.2) is 19.4 Å². The van der Waals surface area contributed by atoms with Gasteiger partial charge in [-0.15, -0.1) is 0 Å². The summed E-state index contributed by atoms with van der Waals surface area (Å²) in [6, 6.07) is 0. The van der Waals surface area contributed by atoms with Gasteiger partial charge in [-0.05, 0) is 37.5 Å². The van der Waals surface area contributed by atoms with Crippen LogP contribution in [0, 0.1) is 17.8 Å². The predicted octanol–water partition coefficient (Wildman–Crippen LogP) is 3.46. The Balaban J connectivity index is 2.45. The second kappa shape index (κ2) is 3.97. The molecule has 0 aliphatic heterocycles. The van der Waals surface area contributed by atoms with Crippen LogP contribution < -0.4 is 0 Å². The quantitative estimate of drug-likeness (QED) is 0.563. The van der Waals surface area contributed by atoms with Crippen LogP contribution in [0.2, 0.25) is 0 Å². The van der Waals surface area contributed by atoms with Gasteiger partial charge in [0, 0.05) is 14.2 Å². The minimum atomic E-state index is -3.02. The summed E-state index contributed by atoms with van der Waals surface area (Å²) in [5.41, 5.74) is 0. The van der Waals surface area contributed by atoms with Gasteiger partial charge in [0.2, 0.25) is 0 Å². The maximum atomic E-state index is 12.7. The second-order valence-corrected chi connectivity index (χ2v) is 7.80. The molecular formula is C12H21O3P. The van der Waals surface area contributed by atoms with Crippen molar-refractivity contribution in [2.45, 2.75) is 31.8 Å². The first-order chi connectivity index (χ1) is 7.49. The number of allylic oxidation sites excluding steroid dienone is 2. The molecule has 4 heteroatoms. The highest BCUT2D eigenvalue weighted by Crippen LogP contribution is 2.69. The van der Waals surface area contributed by atoms with E-state index < -0.39 is 7.60 Å². The van der Waals surface area contributed by atoms with Gasteiger partial charge in [-0.25, -0.2) is 0 Å². The average Bonchev–Trinajstić information content (AvgIpc) is 2.34. The second-order valence-electron chi connectivity index (χ2n) is 5.11. The van der Waals surface area contributed by atoms with Gasteiger partial charge in [0.1, 0.15) is 0 Å². The zero-order valence-electron chi connectivity index (χ0n) is 10.5. The van der Waals surface area contributed by atoms with Gasteiger partial charge in [0.05, 0.1) is 5.16 Å². The highest BCUT2D eigenvalue weighted by molar-refractivity contribution is 7.55. The van der Waals surface area contributed by atoms with Crippen molar-refractivity contribution in [2.75, 3.05) is 14.2 Å². The molecule has 3 rings (SSSR count). The first-order valence-electron chi connectivity index (χ1n) is 5.89. The Morgan fingerprint density at radius 1 is 1.25 bits per heavy atom. The molecule has 0 amide bonds. The van der Waals surface area contributed by atoms with E-state index in [-0.39, 0.29) is 5.16 Å². The van der Waals surface area contributed by atoms with Gasteiger partial charge in [0.15, 0.2) is 0 Å². The molecule has 0 aromatic heterocycles. The molecule has 1 fully saturated rings. The van der Waals surface area contributed by atoms with Crippen LogP contribution in [0.15, 0.2) is 12.2 Å². The molecule has 0 aromatic rings. The summed E-state index contributed by atoms with van der Waals surface area (Å²) in [6.45, 7) is 4.23. The monoisotopic (exact) mass is 244 g/mol. The third-order valence-electron chi connectivity index (χ3n) is 4.79. The third-order valence-corrected chi connectivity index (χ3v) is 7.67. The molecule has 0 N–H and O–H groups in total. The molecule has 4 atom stereocenters. The van der Waals surface area contributed by atoms with Crippen molar-refractivity contribution in [1.29, 1.82) is 0 Å². The van der Waals surface area contributed by atoms with E-state index in [0.717, 1.165) is 6.42 Å². The number of hydrogen-bond donors (Lipinski definition) is 0. The van der Waals surface area contributed by atoms with Crippen LogP contribution in [0.1, 0.15) is 26.7 Å². The molecule has 92 valence electrons. The Morgan fingerprint density at radius 3 is 2.25 bits per heavy atom. The molecule has 3 aliphatic carbocycles. The first kappa shape index (κ1) is 12.3. The third kappa shape index (κ3) is 1.38. The number of hydrogen-bond acceptors (Lipinski definition) is 3. The van der Waals surface area contributed by atoms with Crippen molar-refractivity contribution in [3.63, 3.8) is 0 Å². The lowest BCUT2D eigenvalue weighted by atomic mass is 9.63. The van der Waals surface area contributed by atoms with E-state index >= 15 is 0 Å². The summed E-state index contributed by atoms with van der Waals surface area (Å²) in [5, 5.41) is -0.367. The van der Waals surface area contributed by atoms with Crippen molar-refractivity contribution >= 4 is 7.60 Å². The van der Waals surface area contributed by atoms with E-state index in [2.05, 4.69) is 26.0 Å². The van der Waals surface area contributed by atoms with Crippen LogP contribution in [-0.2, 0) is 13.6 Å². The summed E-state index contributed by atoms with van der Waals surface area (Å²) >= 11 is 0. The maximum absolute atomic E-state index is 12.7. The molecule has 16 heavy (non-hydrogen) atoms. The Labute approximate surface area is 97.7 Å². The molecule has 0 saturated heterocycles. The van der Waals surface area contributed by atoms with Crippen molar-refractivity contribution in [2.24, 2.45) is 17.8 Å². The molecule has 0 heterocycles. The first-order valence-corrected chi connectivity index (χ1v) is 7.44. The largest absolute Gasteiger partial charge is 0.336 e. The molecule has 3 aliphatic rings. The van der Waals surface area contributed by atoms with Crippen LogP contribution in [0.4, 0.5) is 0 Å². The van der Waals surface area contributed by atoms with E-state index in [4.69, 9.17) is 9.05 Å². The van der Waals surface area contributed by atoms with Gasteiger partial charge >= 0.3 is 7.60 Å². The van der Waals surface area contributed by atoms with E-state index in [1.165, 1.54) is 20.6 Å². The lowest BCUT2D eigenvalue weighted by Gasteiger charge is -2.52. The maximum Gasteiger partial charge on any atom is 0.336 e. The molecule has 1 saturated carbocycles. The lowest BCUT2D eigenvalue weighted by Crippen LogP contribution is -2.49. The van der Waals surface area contributed by atoms with Gasteiger partial charge in [0.25, 0.3) is 0 Å². The molecule has 0 spiro atoms. The van der Waals surface area contributed by atoms with E-state index in [1.807, 2.05) is 0 Å². The zero-order valence-corrected chi connectivity index (χ0v) is 11.4. The van der Waals surface area contributed by atoms with Crippen molar-refractivity contribution < 1.29 is 13.6 Å². The zero-order chi connectivity index (χ0) is 12.0. The van der Waals surface area contributed by atoms with Gasteiger partial charge in [-0.3, -0.25) is 4.57 Å². The van der Waals surface area contributed by atoms with Crippen molar-refractivity contribution in [1.82, 2.24) is 0 Å². The van der Waals surface area contributed by atoms with Crippen LogP contribution in [0.5, 0.6) is 0 Å². The normalized spacial score (nSPS) is 42.6. The van der Waals surface area contributed by atoms with Crippen LogP contribution in [0.25, 0.3) is 0 Å². The minimum Gasteiger partial charge on any atom is -0.312 e. The number of fused-ring (bicyclic) bond motifs is 2. The Kier molecular flexibility index (Phi) is 3.07. The summed E-state index contributed by atoms with van der Waals surface area (Å²) in [7, 11) is -0.0295. The standard InChI is InChI=1S/C12H21O3P/c1-9-10-5-7-11(8-6-10)12(9,2)16(13,14-3)15-4/h5,7,9-11H,6,8H2,1-4H3/t9-,10+,11-,12+/m1/s1. The SMILES string of the molecule is COP(=O)(OC)[C@]1(C)[C@@H]2C=C[C@@H](CC2)[C@H]1C. The Bertz CT molecular complexity index is 344. The van der Waals surface area contributed by atoms with Crippen LogP contribution >= 0.6 is 7.60 Å². The highest BCUT2D eigenvalue weighted by Gasteiger charge is 2.59. The summed E-state index contributed by atoms with van der Waals surface area (Å²) in [6.07, 6.45) is 6.78. The van der Waals surface area contributed by atoms with Gasteiger partial charge in [-0.1, -0.05) is 19.1 Å². The fourth-order valence-corrected chi connectivity index (χ4v) is 5.68. The van der Waals surface area contributed by atoms with E-state index in [0.29, 0.717) is 17.8 Å². The van der Waals surface area contributed by atoms with E-state index in [9.17, 15) is 4.57 Å². The fourth-order valence-electron chi connectivity index (χ4n) is 3.44. The highest BCUT2D eigenvalue weighted by atomic mass is 31.2.